The number of methoxy groups -OCH3 is 1. The minimum atomic E-state index is -0.0929. The van der Waals surface area contributed by atoms with Crippen molar-refractivity contribution in [1.29, 1.82) is 0 Å². The van der Waals surface area contributed by atoms with Crippen LogP contribution in [0.3, 0.4) is 0 Å². The van der Waals surface area contributed by atoms with E-state index in [9.17, 15) is 9.59 Å². The second kappa shape index (κ2) is 11.6. The van der Waals surface area contributed by atoms with Gasteiger partial charge in [-0.2, -0.15) is 0 Å². The van der Waals surface area contributed by atoms with Gasteiger partial charge in [-0.3, -0.25) is 9.59 Å². The molecule has 1 N–H and O–H groups in total. The quantitative estimate of drug-likeness (QED) is 0.449. The number of ether oxygens (including phenoxy) is 3. The van der Waals surface area contributed by atoms with Crippen molar-refractivity contribution in [2.75, 3.05) is 45.8 Å². The summed E-state index contributed by atoms with van der Waals surface area (Å²) in [6.07, 6.45) is 0. The van der Waals surface area contributed by atoms with Crippen LogP contribution in [0.4, 0.5) is 0 Å². The predicted molar refractivity (Wildman–Crippen MR) is 120 cm³/mol. The number of nitrogens with zero attached hydrogens (tertiary/aromatic N) is 1. The zero-order valence-corrected chi connectivity index (χ0v) is 18.7. The highest BCUT2D eigenvalue weighted by molar-refractivity contribution is 8.00. The van der Waals surface area contributed by atoms with Gasteiger partial charge in [0.05, 0.1) is 17.9 Å². The molecular weight excluding hydrogens is 416 g/mol. The summed E-state index contributed by atoms with van der Waals surface area (Å²) >= 11 is 1.35. The van der Waals surface area contributed by atoms with E-state index in [1.165, 1.54) is 11.8 Å². The van der Waals surface area contributed by atoms with Gasteiger partial charge in [0.25, 0.3) is 5.91 Å². The van der Waals surface area contributed by atoms with Gasteiger partial charge in [-0.25, -0.2) is 0 Å². The number of carbonyl (C=O) groups is 2. The van der Waals surface area contributed by atoms with Crippen LogP contribution in [0, 0.1) is 0 Å². The van der Waals surface area contributed by atoms with E-state index in [1.54, 1.807) is 18.1 Å². The maximum atomic E-state index is 13.3. The highest BCUT2D eigenvalue weighted by atomic mass is 32.2. The summed E-state index contributed by atoms with van der Waals surface area (Å²) in [4.78, 5) is 27.9. The van der Waals surface area contributed by atoms with Crippen LogP contribution < -0.4 is 14.8 Å². The molecule has 2 aromatic rings. The predicted octanol–water partition coefficient (Wildman–Crippen LogP) is 2.97. The summed E-state index contributed by atoms with van der Waals surface area (Å²) < 4.78 is 16.4. The summed E-state index contributed by atoms with van der Waals surface area (Å²) in [5.41, 5.74) is 1.50. The van der Waals surface area contributed by atoms with E-state index in [0.29, 0.717) is 56.5 Å². The first-order valence-corrected chi connectivity index (χ1v) is 11.3. The number of fused-ring (bicyclic) bond motifs is 1. The van der Waals surface area contributed by atoms with E-state index in [4.69, 9.17) is 14.2 Å². The van der Waals surface area contributed by atoms with Crippen LogP contribution >= 0.6 is 11.8 Å². The van der Waals surface area contributed by atoms with Crippen LogP contribution in [-0.4, -0.2) is 62.5 Å². The Bertz CT molecular complexity index is 905. The number of para-hydroxylation sites is 1. The fourth-order valence-electron chi connectivity index (χ4n) is 3.22. The lowest BCUT2D eigenvalue weighted by atomic mass is 10.1. The molecular formula is C23H28N2O5S. The molecule has 0 fully saturated rings. The third-order valence-electron chi connectivity index (χ3n) is 4.78. The number of amides is 2. The normalized spacial score (nSPS) is 12.3. The van der Waals surface area contributed by atoms with Crippen LogP contribution in [0.2, 0.25) is 0 Å². The van der Waals surface area contributed by atoms with Crippen molar-refractivity contribution in [2.24, 2.45) is 0 Å². The average molecular weight is 445 g/mol. The monoisotopic (exact) mass is 444 g/mol. The standard InChI is InChI=1S/C23H28N2O5S/c1-3-25(15-17-7-6-9-19-22(17)30-14-13-29-19)23(27)18-8-4-5-10-20(18)31-16-21(26)24-11-12-28-2/h4-10H,3,11-16H2,1-2H3,(H,24,26). The number of nitrogens with one attached hydrogen (secondary N) is 1. The highest BCUT2D eigenvalue weighted by Crippen LogP contribution is 2.34. The molecule has 7 nitrogen and oxygen atoms in total. The van der Waals surface area contributed by atoms with E-state index in [2.05, 4.69) is 5.32 Å². The van der Waals surface area contributed by atoms with Gasteiger partial charge in [-0.15, -0.1) is 11.8 Å². The Morgan fingerprint density at radius 2 is 1.94 bits per heavy atom. The van der Waals surface area contributed by atoms with Gasteiger partial charge in [0.1, 0.15) is 13.2 Å². The van der Waals surface area contributed by atoms with Crippen molar-refractivity contribution >= 4 is 23.6 Å². The van der Waals surface area contributed by atoms with Crippen LogP contribution in [0.15, 0.2) is 47.4 Å². The fourth-order valence-corrected chi connectivity index (χ4v) is 4.09. The zero-order valence-electron chi connectivity index (χ0n) is 17.9. The van der Waals surface area contributed by atoms with Gasteiger partial charge in [0.15, 0.2) is 11.5 Å². The van der Waals surface area contributed by atoms with Gasteiger partial charge in [0.2, 0.25) is 5.91 Å². The van der Waals surface area contributed by atoms with Crippen molar-refractivity contribution in [3.8, 4) is 11.5 Å². The van der Waals surface area contributed by atoms with E-state index < -0.39 is 0 Å². The number of carbonyl (C=O) groups excluding carboxylic acids is 2. The van der Waals surface area contributed by atoms with E-state index in [-0.39, 0.29) is 17.6 Å². The lowest BCUT2D eigenvalue weighted by molar-refractivity contribution is -0.118. The lowest BCUT2D eigenvalue weighted by Crippen LogP contribution is -2.31. The molecule has 0 unspecified atom stereocenters. The van der Waals surface area contributed by atoms with Crippen molar-refractivity contribution in [3.63, 3.8) is 0 Å². The van der Waals surface area contributed by atoms with Crippen molar-refractivity contribution in [2.45, 2.75) is 18.4 Å². The van der Waals surface area contributed by atoms with Gasteiger partial charge >= 0.3 is 0 Å². The van der Waals surface area contributed by atoms with Crippen molar-refractivity contribution in [3.05, 3.63) is 53.6 Å². The molecule has 0 atom stereocenters. The van der Waals surface area contributed by atoms with Gasteiger partial charge in [-0.05, 0) is 25.1 Å². The lowest BCUT2D eigenvalue weighted by Gasteiger charge is -2.26. The topological polar surface area (TPSA) is 77.1 Å². The van der Waals surface area contributed by atoms with Crippen LogP contribution in [0.5, 0.6) is 11.5 Å². The minimum Gasteiger partial charge on any atom is -0.486 e. The maximum absolute atomic E-state index is 13.3. The number of hydrogen-bond donors (Lipinski definition) is 1. The Morgan fingerprint density at radius 3 is 2.74 bits per heavy atom. The molecule has 2 amide bonds. The third-order valence-corrected chi connectivity index (χ3v) is 5.86. The van der Waals surface area contributed by atoms with Gasteiger partial charge < -0.3 is 24.4 Å². The third kappa shape index (κ3) is 6.15. The molecule has 166 valence electrons. The number of hydrogen-bond acceptors (Lipinski definition) is 6. The number of rotatable bonds is 10. The molecule has 3 rings (SSSR count). The molecule has 0 spiro atoms. The summed E-state index contributed by atoms with van der Waals surface area (Å²) in [5.74, 6) is 1.47. The molecule has 8 heteroatoms. The molecule has 0 saturated carbocycles. The molecule has 1 aliphatic rings. The summed E-state index contributed by atoms with van der Waals surface area (Å²) in [7, 11) is 1.59. The van der Waals surface area contributed by atoms with E-state index in [0.717, 1.165) is 10.5 Å². The first kappa shape index (κ1) is 23.0. The molecule has 0 saturated heterocycles. The molecule has 2 aromatic carbocycles. The molecule has 31 heavy (non-hydrogen) atoms. The first-order valence-electron chi connectivity index (χ1n) is 10.3. The maximum Gasteiger partial charge on any atom is 0.255 e. The van der Waals surface area contributed by atoms with E-state index in [1.807, 2.05) is 43.3 Å². The molecule has 1 heterocycles. The summed E-state index contributed by atoms with van der Waals surface area (Å²) in [6.45, 7) is 4.86. The van der Waals surface area contributed by atoms with Crippen LogP contribution in [-0.2, 0) is 16.1 Å². The Morgan fingerprint density at radius 1 is 1.13 bits per heavy atom. The van der Waals surface area contributed by atoms with Crippen molar-refractivity contribution in [1.82, 2.24) is 10.2 Å². The fraction of sp³-hybridized carbons (Fsp3) is 0.391. The molecule has 0 aromatic heterocycles. The highest BCUT2D eigenvalue weighted by Gasteiger charge is 2.22. The average Bonchev–Trinajstić information content (AvgIpc) is 2.81. The first-order chi connectivity index (χ1) is 15.1. The molecule has 0 radical (unpaired) electrons. The Kier molecular flexibility index (Phi) is 8.61. The SMILES string of the molecule is CCN(Cc1cccc2c1OCCO2)C(=O)c1ccccc1SCC(=O)NCCOC. The Balaban J connectivity index is 1.70. The minimum absolute atomic E-state index is 0.0836. The Hall–Kier alpha value is -2.71. The second-order valence-corrected chi connectivity index (χ2v) is 7.91. The number of benzene rings is 2. The number of thioether (sulfide) groups is 1. The van der Waals surface area contributed by atoms with Gasteiger partial charge in [0, 0.05) is 37.2 Å². The summed E-state index contributed by atoms with van der Waals surface area (Å²) in [5, 5.41) is 2.79. The summed E-state index contributed by atoms with van der Waals surface area (Å²) in [6, 6.07) is 13.1. The van der Waals surface area contributed by atoms with Gasteiger partial charge in [-0.1, -0.05) is 24.3 Å². The molecule has 0 bridgehead atoms. The van der Waals surface area contributed by atoms with Crippen LogP contribution in [0.1, 0.15) is 22.8 Å². The largest absolute Gasteiger partial charge is 0.486 e. The molecule has 0 aliphatic carbocycles. The van der Waals surface area contributed by atoms with Crippen LogP contribution in [0.25, 0.3) is 0 Å². The Labute approximate surface area is 187 Å². The smallest absolute Gasteiger partial charge is 0.255 e. The molecule has 1 aliphatic heterocycles. The van der Waals surface area contributed by atoms with E-state index >= 15 is 0 Å². The zero-order chi connectivity index (χ0) is 22.1. The van der Waals surface area contributed by atoms with Crippen molar-refractivity contribution < 1.29 is 23.8 Å². The second-order valence-electron chi connectivity index (χ2n) is 6.89.